The van der Waals surface area contributed by atoms with Crippen LogP contribution in [-0.4, -0.2) is 76.2 Å². The number of nitrogens with one attached hydrogen (secondary N) is 2. The minimum Gasteiger partial charge on any atom is -0.477 e. The van der Waals surface area contributed by atoms with Crippen LogP contribution < -0.4 is 20.3 Å². The number of halogens is 1. The molecule has 0 unspecified atom stereocenters. The highest BCUT2D eigenvalue weighted by Crippen LogP contribution is 2.38. The van der Waals surface area contributed by atoms with E-state index >= 15 is 4.39 Å². The second-order valence-electron chi connectivity index (χ2n) is 12.5. The number of pyridine rings is 1. The van der Waals surface area contributed by atoms with E-state index in [1.807, 2.05) is 27.0 Å². The Morgan fingerprint density at radius 3 is 2.80 bits per heavy atom. The summed E-state index contributed by atoms with van der Waals surface area (Å²) in [4.78, 5) is 25.4. The van der Waals surface area contributed by atoms with E-state index in [0.717, 1.165) is 42.6 Å². The Hall–Kier alpha value is -4.03. The second-order valence-corrected chi connectivity index (χ2v) is 12.5. The number of amides is 1. The number of fused-ring (bicyclic) bond motifs is 9. The van der Waals surface area contributed by atoms with Crippen molar-refractivity contribution >= 4 is 28.6 Å². The minimum atomic E-state index is -0.324. The Morgan fingerprint density at radius 2 is 1.95 bits per heavy atom. The molecule has 7 rings (SSSR count). The van der Waals surface area contributed by atoms with Gasteiger partial charge in [0.15, 0.2) is 0 Å². The summed E-state index contributed by atoms with van der Waals surface area (Å²) in [6.07, 6.45) is 3.05. The molecule has 3 aliphatic rings. The molecule has 1 saturated heterocycles. The zero-order valence-corrected chi connectivity index (χ0v) is 25.7. The number of hydrogen-bond acceptors (Lipinski definition) is 8. The third-order valence-corrected chi connectivity index (χ3v) is 9.19. The first-order chi connectivity index (χ1) is 21.3. The zero-order chi connectivity index (χ0) is 30.5. The van der Waals surface area contributed by atoms with Gasteiger partial charge in [0.1, 0.15) is 5.82 Å². The van der Waals surface area contributed by atoms with Gasteiger partial charge in [0, 0.05) is 63.7 Å². The van der Waals surface area contributed by atoms with E-state index in [-0.39, 0.29) is 17.8 Å². The van der Waals surface area contributed by atoms with Gasteiger partial charge in [-0.1, -0.05) is 0 Å². The zero-order valence-electron chi connectivity index (χ0n) is 25.7. The molecule has 3 atom stereocenters. The lowest BCUT2D eigenvalue weighted by Crippen LogP contribution is -2.52. The van der Waals surface area contributed by atoms with Gasteiger partial charge in [0.05, 0.1) is 46.9 Å². The number of methoxy groups -OCH3 is 1. The average Bonchev–Trinajstić information content (AvgIpc) is 3.65. The van der Waals surface area contributed by atoms with E-state index < -0.39 is 0 Å². The van der Waals surface area contributed by atoms with Gasteiger partial charge in [-0.2, -0.15) is 5.10 Å². The summed E-state index contributed by atoms with van der Waals surface area (Å²) < 4.78 is 31.2. The quantitative estimate of drug-likeness (QED) is 0.361. The van der Waals surface area contributed by atoms with Crippen LogP contribution in [0.15, 0.2) is 24.3 Å². The predicted molar refractivity (Wildman–Crippen MR) is 166 cm³/mol. The number of rotatable bonds is 3. The molecular weight excluding hydrogens is 563 g/mol. The maximum Gasteiger partial charge on any atom is 0.258 e. The summed E-state index contributed by atoms with van der Waals surface area (Å²) in [5, 5.41) is 11.1. The lowest BCUT2D eigenvalue weighted by Gasteiger charge is -2.35. The first-order valence-corrected chi connectivity index (χ1v) is 15.4. The van der Waals surface area contributed by atoms with Gasteiger partial charge in [-0.15, -0.1) is 0 Å². The fourth-order valence-corrected chi connectivity index (χ4v) is 7.16. The van der Waals surface area contributed by atoms with Crippen LogP contribution in [0.4, 0.5) is 16.0 Å². The molecule has 3 aromatic heterocycles. The molecule has 1 saturated carbocycles. The molecule has 44 heavy (non-hydrogen) atoms. The molecule has 4 aromatic rings. The molecule has 0 radical (unpaired) electrons. The van der Waals surface area contributed by atoms with Crippen LogP contribution in [0.5, 0.6) is 5.88 Å². The maximum atomic E-state index is 15.6. The van der Waals surface area contributed by atoms with Crippen molar-refractivity contribution in [3.63, 3.8) is 0 Å². The molecule has 1 aromatic carbocycles. The van der Waals surface area contributed by atoms with Crippen molar-refractivity contribution in [1.82, 2.24) is 29.6 Å². The van der Waals surface area contributed by atoms with Crippen molar-refractivity contribution in [3.05, 3.63) is 47.0 Å². The van der Waals surface area contributed by atoms with E-state index in [1.165, 1.54) is 6.07 Å². The SMILES string of the molecule is COC[C@@H]1CN(c2cc3c(cc2F)nc2n3C[C@@H]3CC[C@H](COc4c(c(C)nn4C)-c4cc(cc(C)n4)C(=O)N2)C3)CCN1. The van der Waals surface area contributed by atoms with E-state index in [2.05, 4.69) is 25.2 Å². The molecule has 12 heteroatoms. The van der Waals surface area contributed by atoms with Crippen molar-refractivity contribution in [2.75, 3.05) is 50.2 Å². The molecular formula is C32H39FN8O3. The number of carbonyl (C=O) groups excluding carboxylic acids is 1. The van der Waals surface area contributed by atoms with Gasteiger partial charge in [0.2, 0.25) is 11.8 Å². The van der Waals surface area contributed by atoms with Crippen LogP contribution in [0.25, 0.3) is 22.3 Å². The standard InChI is InChI=1S/C32H39FN8O3/c1-18-9-22-11-26(35-18)29-19(2)38-39(3)31(29)44-16-21-6-5-20(10-21)14-41-28-13-27(40-8-7-34-23(15-40)17-43-4)24(33)12-25(28)36-32(41)37-30(22)42/h9,11-13,20-21,23,34H,5-8,10,14-17H2,1-4H3,(H,36,37,42)/t20-,21+,23+/m1/s1. The van der Waals surface area contributed by atoms with Crippen LogP contribution in [0.3, 0.4) is 0 Å². The Labute approximate surface area is 255 Å². The van der Waals surface area contributed by atoms with Crippen molar-refractivity contribution in [2.24, 2.45) is 18.9 Å². The third-order valence-electron chi connectivity index (χ3n) is 9.19. The van der Waals surface area contributed by atoms with Gasteiger partial charge in [-0.25, -0.2) is 14.1 Å². The highest BCUT2D eigenvalue weighted by atomic mass is 19.1. The molecule has 232 valence electrons. The number of piperazine rings is 1. The van der Waals surface area contributed by atoms with Crippen LogP contribution in [0.1, 0.15) is 41.0 Å². The van der Waals surface area contributed by atoms with Gasteiger partial charge in [-0.3, -0.25) is 15.1 Å². The van der Waals surface area contributed by atoms with Crippen LogP contribution in [0, 0.1) is 31.5 Å². The number of ether oxygens (including phenoxy) is 2. The largest absolute Gasteiger partial charge is 0.477 e. The predicted octanol–water partition coefficient (Wildman–Crippen LogP) is 4.07. The highest BCUT2D eigenvalue weighted by molar-refractivity contribution is 6.05. The molecule has 5 heterocycles. The van der Waals surface area contributed by atoms with E-state index in [4.69, 9.17) is 19.4 Å². The minimum absolute atomic E-state index is 0.114. The van der Waals surface area contributed by atoms with E-state index in [0.29, 0.717) is 84.7 Å². The number of anilines is 2. The third kappa shape index (κ3) is 5.30. The van der Waals surface area contributed by atoms with Gasteiger partial charge >= 0.3 is 0 Å². The lowest BCUT2D eigenvalue weighted by molar-refractivity contribution is 0.102. The van der Waals surface area contributed by atoms with Gasteiger partial charge in [0.25, 0.3) is 5.91 Å². The monoisotopic (exact) mass is 602 g/mol. The molecule has 1 aliphatic carbocycles. The number of imidazole rings is 1. The van der Waals surface area contributed by atoms with Crippen LogP contribution >= 0.6 is 0 Å². The maximum absolute atomic E-state index is 15.6. The number of hydrogen-bond donors (Lipinski definition) is 2. The summed E-state index contributed by atoms with van der Waals surface area (Å²) in [6.45, 7) is 7.66. The van der Waals surface area contributed by atoms with Crippen molar-refractivity contribution < 1.29 is 18.7 Å². The summed E-state index contributed by atoms with van der Waals surface area (Å²) in [7, 11) is 3.55. The van der Waals surface area contributed by atoms with Crippen LogP contribution in [0.2, 0.25) is 0 Å². The fraction of sp³-hybridized carbons (Fsp3) is 0.500. The van der Waals surface area contributed by atoms with Crippen LogP contribution in [-0.2, 0) is 18.3 Å². The molecule has 4 bridgehead atoms. The van der Waals surface area contributed by atoms with E-state index in [9.17, 15) is 4.79 Å². The average molecular weight is 603 g/mol. The lowest BCUT2D eigenvalue weighted by atomic mass is 10.1. The number of aromatic nitrogens is 5. The van der Waals surface area contributed by atoms with Crippen molar-refractivity contribution in [3.8, 4) is 17.1 Å². The Morgan fingerprint density at radius 1 is 1.11 bits per heavy atom. The van der Waals surface area contributed by atoms with Crippen molar-refractivity contribution in [1.29, 1.82) is 0 Å². The molecule has 2 fully saturated rings. The van der Waals surface area contributed by atoms with Gasteiger partial charge in [-0.05, 0) is 63.1 Å². The highest BCUT2D eigenvalue weighted by Gasteiger charge is 2.30. The second kappa shape index (κ2) is 11.5. The first-order valence-electron chi connectivity index (χ1n) is 15.4. The molecule has 11 nitrogen and oxygen atoms in total. The topological polar surface area (TPSA) is 111 Å². The number of aryl methyl sites for hydroxylation is 3. The normalized spacial score (nSPS) is 22.2. The molecule has 2 N–H and O–H groups in total. The van der Waals surface area contributed by atoms with E-state index in [1.54, 1.807) is 23.9 Å². The Kier molecular flexibility index (Phi) is 7.49. The fourth-order valence-electron chi connectivity index (χ4n) is 7.16. The van der Waals surface area contributed by atoms with Gasteiger partial charge < -0.3 is 24.3 Å². The molecule has 1 amide bonds. The first kappa shape index (κ1) is 28.7. The summed E-state index contributed by atoms with van der Waals surface area (Å²) >= 11 is 0. The number of benzene rings is 1. The molecule has 0 spiro atoms. The Balaban J connectivity index is 1.31. The summed E-state index contributed by atoms with van der Waals surface area (Å²) in [5.41, 5.74) is 5.25. The smallest absolute Gasteiger partial charge is 0.258 e. The number of nitrogens with zero attached hydrogens (tertiary/aromatic N) is 6. The Bertz CT molecular complexity index is 1730. The summed E-state index contributed by atoms with van der Waals surface area (Å²) in [5.74, 6) is 1.20. The molecule has 2 aliphatic heterocycles. The van der Waals surface area contributed by atoms with Crippen molar-refractivity contribution in [2.45, 2.75) is 45.7 Å². The summed E-state index contributed by atoms with van der Waals surface area (Å²) in [6, 6.07) is 7.04. The number of carbonyl (C=O) groups is 1.